The van der Waals surface area contributed by atoms with Crippen molar-refractivity contribution in [2.24, 2.45) is 0 Å². The number of halogens is 2. The molecule has 1 saturated heterocycles. The molecule has 0 spiro atoms. The second kappa shape index (κ2) is 10.6. The Morgan fingerprint density at radius 3 is 2.41 bits per heavy atom. The fourth-order valence-corrected chi connectivity index (χ4v) is 3.97. The number of amides is 1. The van der Waals surface area contributed by atoms with E-state index in [1.165, 1.54) is 32.0 Å². The van der Waals surface area contributed by atoms with Gasteiger partial charge in [-0.25, -0.2) is 9.18 Å². The number of carbonyl (C=O) groups excluding carboxylic acids is 1. The molecule has 2 atom stereocenters. The Bertz CT molecular complexity index is 1030. The van der Waals surface area contributed by atoms with Gasteiger partial charge in [-0.05, 0) is 57.5 Å². The van der Waals surface area contributed by atoms with Crippen LogP contribution in [-0.2, 0) is 16.1 Å². The van der Waals surface area contributed by atoms with Gasteiger partial charge in [-0.1, -0.05) is 23.7 Å². The third-order valence-corrected chi connectivity index (χ3v) is 6.11. The Morgan fingerprint density at radius 2 is 1.76 bits per heavy atom. The second-order valence-electron chi connectivity index (χ2n) is 9.10. The van der Waals surface area contributed by atoms with E-state index < -0.39 is 11.6 Å². The maximum Gasteiger partial charge on any atom is 0.347 e. The first kappa shape index (κ1) is 25.8. The van der Waals surface area contributed by atoms with Crippen molar-refractivity contribution < 1.29 is 28.6 Å². The highest BCUT2D eigenvalue weighted by Gasteiger charge is 2.33. The number of nitrogens with zero attached hydrogens (tertiary/aromatic N) is 2. The van der Waals surface area contributed by atoms with Crippen LogP contribution in [0, 0.1) is 5.82 Å². The molecule has 1 aliphatic rings. The van der Waals surface area contributed by atoms with Crippen LogP contribution in [0.25, 0.3) is 0 Å². The Balaban J connectivity index is 1.62. The Kier molecular flexibility index (Phi) is 8.05. The van der Waals surface area contributed by atoms with Gasteiger partial charge in [-0.2, -0.15) is 0 Å². The highest BCUT2D eigenvalue weighted by Crippen LogP contribution is 2.33. The van der Waals surface area contributed by atoms with Gasteiger partial charge in [0.15, 0.2) is 23.7 Å². The molecule has 2 aromatic carbocycles. The maximum absolute atomic E-state index is 13.2. The molecule has 1 aliphatic heterocycles. The Labute approximate surface area is 204 Å². The number of aliphatic carboxylic acids is 1. The van der Waals surface area contributed by atoms with Crippen molar-refractivity contribution in [2.45, 2.75) is 51.9 Å². The molecule has 7 nitrogen and oxygen atoms in total. The molecule has 0 bridgehead atoms. The molecule has 1 N–H and O–H groups in total. The first-order valence-electron chi connectivity index (χ1n) is 11.1. The standard InChI is InChI=1S/C25H30ClFN2O5/c1-16-13-29(17(2)12-28(16)14-18-5-8-20(27)9-6-18)23(30)15-33-21-10-7-19(26)11-22(21)34-25(3,4)24(31)32/h5-11,16-17H,12-15H2,1-4H3,(H,31,32)/t16-,17+/m0/s1. The van der Waals surface area contributed by atoms with Crippen LogP contribution < -0.4 is 9.47 Å². The summed E-state index contributed by atoms with van der Waals surface area (Å²) in [6.45, 7) is 8.52. The highest BCUT2D eigenvalue weighted by atomic mass is 35.5. The number of carboxylic acids is 1. The molecule has 184 valence electrons. The molecule has 0 radical (unpaired) electrons. The molecule has 2 aromatic rings. The van der Waals surface area contributed by atoms with E-state index in [4.69, 9.17) is 21.1 Å². The molecular formula is C25H30ClFN2O5. The molecular weight excluding hydrogens is 463 g/mol. The van der Waals surface area contributed by atoms with Crippen LogP contribution in [-0.4, -0.2) is 64.2 Å². The monoisotopic (exact) mass is 492 g/mol. The number of ether oxygens (including phenoxy) is 2. The number of hydrogen-bond donors (Lipinski definition) is 1. The van der Waals surface area contributed by atoms with Crippen molar-refractivity contribution in [3.8, 4) is 11.5 Å². The molecule has 0 unspecified atom stereocenters. The van der Waals surface area contributed by atoms with E-state index in [2.05, 4.69) is 11.8 Å². The zero-order chi connectivity index (χ0) is 25.0. The minimum atomic E-state index is -1.50. The van der Waals surface area contributed by atoms with Gasteiger partial charge in [0.1, 0.15) is 5.82 Å². The van der Waals surface area contributed by atoms with Crippen molar-refractivity contribution >= 4 is 23.5 Å². The summed E-state index contributed by atoms with van der Waals surface area (Å²) in [5.74, 6) is -1.20. The summed E-state index contributed by atoms with van der Waals surface area (Å²) >= 11 is 6.04. The summed E-state index contributed by atoms with van der Waals surface area (Å²) < 4.78 is 24.5. The zero-order valence-corrected chi connectivity index (χ0v) is 20.5. The van der Waals surface area contributed by atoms with Gasteiger partial charge in [-0.3, -0.25) is 9.69 Å². The Morgan fingerprint density at radius 1 is 1.09 bits per heavy atom. The quantitative estimate of drug-likeness (QED) is 0.594. The molecule has 34 heavy (non-hydrogen) atoms. The summed E-state index contributed by atoms with van der Waals surface area (Å²) in [6.07, 6.45) is 0. The lowest BCUT2D eigenvalue weighted by atomic mass is 10.1. The highest BCUT2D eigenvalue weighted by molar-refractivity contribution is 6.30. The molecule has 1 heterocycles. The third-order valence-electron chi connectivity index (χ3n) is 5.87. The van der Waals surface area contributed by atoms with E-state index in [1.807, 2.05) is 6.92 Å². The second-order valence-corrected chi connectivity index (χ2v) is 9.53. The summed E-state index contributed by atoms with van der Waals surface area (Å²) in [5.41, 5.74) is -0.486. The number of carboxylic acid groups (broad SMARTS) is 1. The van der Waals surface area contributed by atoms with Crippen LogP contribution in [0.2, 0.25) is 5.02 Å². The average Bonchev–Trinajstić information content (AvgIpc) is 2.76. The molecule has 1 fully saturated rings. The van der Waals surface area contributed by atoms with Crippen LogP contribution in [0.5, 0.6) is 11.5 Å². The minimum Gasteiger partial charge on any atom is -0.480 e. The van der Waals surface area contributed by atoms with Crippen LogP contribution in [0.1, 0.15) is 33.3 Å². The number of hydrogen-bond acceptors (Lipinski definition) is 5. The van der Waals surface area contributed by atoms with Gasteiger partial charge >= 0.3 is 5.97 Å². The Hall–Kier alpha value is -2.84. The largest absolute Gasteiger partial charge is 0.480 e. The van der Waals surface area contributed by atoms with Gasteiger partial charge in [0.05, 0.1) is 0 Å². The summed E-state index contributed by atoms with van der Waals surface area (Å²) in [6, 6.07) is 11.1. The first-order valence-corrected chi connectivity index (χ1v) is 11.5. The normalized spacial score (nSPS) is 19.1. The van der Waals surface area contributed by atoms with Crippen molar-refractivity contribution in [3.05, 3.63) is 58.9 Å². The van der Waals surface area contributed by atoms with E-state index >= 15 is 0 Å². The van der Waals surface area contributed by atoms with Crippen molar-refractivity contribution in [1.29, 1.82) is 0 Å². The molecule has 3 rings (SSSR count). The van der Waals surface area contributed by atoms with Gasteiger partial charge in [-0.15, -0.1) is 0 Å². The van der Waals surface area contributed by atoms with E-state index in [1.54, 1.807) is 29.2 Å². The van der Waals surface area contributed by atoms with Crippen molar-refractivity contribution in [2.75, 3.05) is 19.7 Å². The average molecular weight is 493 g/mol. The third kappa shape index (κ3) is 6.39. The predicted octanol–water partition coefficient (Wildman–Crippen LogP) is 4.22. The molecule has 0 aromatic heterocycles. The summed E-state index contributed by atoms with van der Waals surface area (Å²) in [4.78, 5) is 28.5. The molecule has 9 heteroatoms. The predicted molar refractivity (Wildman–Crippen MR) is 127 cm³/mol. The lowest BCUT2D eigenvalue weighted by molar-refractivity contribution is -0.152. The smallest absolute Gasteiger partial charge is 0.347 e. The minimum absolute atomic E-state index is 0.0420. The number of carbonyl (C=O) groups is 2. The van der Waals surface area contributed by atoms with Crippen LogP contribution in [0.15, 0.2) is 42.5 Å². The van der Waals surface area contributed by atoms with Crippen LogP contribution >= 0.6 is 11.6 Å². The van der Waals surface area contributed by atoms with Gasteiger partial charge < -0.3 is 19.5 Å². The van der Waals surface area contributed by atoms with Crippen molar-refractivity contribution in [3.63, 3.8) is 0 Å². The van der Waals surface area contributed by atoms with Gasteiger partial charge in [0, 0.05) is 42.8 Å². The SMILES string of the molecule is C[C@@H]1CN(Cc2ccc(F)cc2)[C@@H](C)CN1C(=O)COc1ccc(Cl)cc1OC(C)(C)C(=O)O. The molecule has 0 aliphatic carbocycles. The van der Waals surface area contributed by atoms with Gasteiger partial charge in [0.25, 0.3) is 5.91 Å². The lowest BCUT2D eigenvalue weighted by Gasteiger charge is -2.44. The number of benzene rings is 2. The first-order chi connectivity index (χ1) is 16.0. The summed E-state index contributed by atoms with van der Waals surface area (Å²) in [5, 5.41) is 9.71. The van der Waals surface area contributed by atoms with Crippen LogP contribution in [0.3, 0.4) is 0 Å². The van der Waals surface area contributed by atoms with E-state index in [9.17, 15) is 19.1 Å². The summed E-state index contributed by atoms with van der Waals surface area (Å²) in [7, 11) is 0. The van der Waals surface area contributed by atoms with Gasteiger partial charge in [0.2, 0.25) is 0 Å². The fourth-order valence-electron chi connectivity index (χ4n) is 3.81. The van der Waals surface area contributed by atoms with Crippen molar-refractivity contribution in [1.82, 2.24) is 9.80 Å². The fraction of sp³-hybridized carbons (Fsp3) is 0.440. The lowest BCUT2D eigenvalue weighted by Crippen LogP contribution is -2.58. The zero-order valence-electron chi connectivity index (χ0n) is 19.8. The molecule has 1 amide bonds. The topological polar surface area (TPSA) is 79.3 Å². The number of rotatable bonds is 8. The number of piperazine rings is 1. The van der Waals surface area contributed by atoms with E-state index in [-0.39, 0.29) is 41.9 Å². The maximum atomic E-state index is 13.2. The van der Waals surface area contributed by atoms with E-state index in [0.717, 1.165) is 5.56 Å². The van der Waals surface area contributed by atoms with Crippen LogP contribution in [0.4, 0.5) is 4.39 Å². The van der Waals surface area contributed by atoms with E-state index in [0.29, 0.717) is 24.7 Å². The molecule has 0 saturated carbocycles.